The lowest BCUT2D eigenvalue weighted by atomic mass is 10.1. The van der Waals surface area contributed by atoms with Crippen molar-refractivity contribution in [2.75, 3.05) is 18.1 Å². The Balaban J connectivity index is 2.31. The summed E-state index contributed by atoms with van der Waals surface area (Å²) >= 11 is 0. The van der Waals surface area contributed by atoms with Crippen molar-refractivity contribution in [3.05, 3.63) is 34.9 Å². The molecule has 0 aliphatic heterocycles. The molecule has 0 heterocycles. The first-order chi connectivity index (χ1) is 9.91. The van der Waals surface area contributed by atoms with E-state index >= 15 is 0 Å². The van der Waals surface area contributed by atoms with Crippen LogP contribution in [0.4, 0.5) is 8.78 Å². The predicted molar refractivity (Wildman–Crippen MR) is 80.6 cm³/mol. The second-order valence-electron chi connectivity index (χ2n) is 4.12. The van der Waals surface area contributed by atoms with Crippen molar-refractivity contribution in [1.82, 2.24) is 5.32 Å². The van der Waals surface area contributed by atoms with Gasteiger partial charge < -0.3 is 10.4 Å². The van der Waals surface area contributed by atoms with Crippen LogP contribution < -0.4 is 5.32 Å². The number of aryl methyl sites for hydroxylation is 1. The van der Waals surface area contributed by atoms with Gasteiger partial charge in [-0.05, 0) is 18.6 Å². The van der Waals surface area contributed by atoms with Gasteiger partial charge in [0.2, 0.25) is 0 Å². The summed E-state index contributed by atoms with van der Waals surface area (Å²) in [6.45, 7) is 1.78. The molecule has 0 saturated carbocycles. The van der Waals surface area contributed by atoms with Crippen molar-refractivity contribution in [3.8, 4) is 0 Å². The minimum atomic E-state index is -0.890. The molecule has 1 amide bonds. The van der Waals surface area contributed by atoms with Crippen molar-refractivity contribution >= 4 is 33.5 Å². The molecule has 8 heteroatoms. The molecule has 21 heavy (non-hydrogen) atoms. The van der Waals surface area contributed by atoms with E-state index in [9.17, 15) is 18.4 Å². The van der Waals surface area contributed by atoms with Crippen LogP contribution in [0.15, 0.2) is 12.1 Å². The topological polar surface area (TPSA) is 66.4 Å². The highest BCUT2D eigenvalue weighted by Crippen LogP contribution is 2.21. The highest BCUT2D eigenvalue weighted by atomic mass is 33.1. The second kappa shape index (κ2) is 8.89. The van der Waals surface area contributed by atoms with E-state index in [1.165, 1.54) is 34.6 Å². The number of halogens is 2. The highest BCUT2D eigenvalue weighted by Gasteiger charge is 2.14. The molecule has 0 saturated heterocycles. The summed E-state index contributed by atoms with van der Waals surface area (Å²) in [5, 5.41) is 11.0. The smallest absolute Gasteiger partial charge is 0.304 e. The fraction of sp³-hybridized carbons (Fsp3) is 0.385. The lowest BCUT2D eigenvalue weighted by Crippen LogP contribution is -2.26. The molecule has 1 aromatic carbocycles. The van der Waals surface area contributed by atoms with Gasteiger partial charge in [-0.25, -0.2) is 8.78 Å². The Kier molecular flexibility index (Phi) is 7.52. The zero-order valence-corrected chi connectivity index (χ0v) is 13.0. The van der Waals surface area contributed by atoms with E-state index in [2.05, 4.69) is 5.32 Å². The standard InChI is InChI=1S/C13H15F2NO3S2/c1-8-6-9(11(15)7-10(8)14)13(19)16-3-5-21-20-4-2-12(17)18/h6-7H,2-5H2,1H3,(H,16,19)(H,17,18). The quantitative estimate of drug-likeness (QED) is 0.565. The first kappa shape index (κ1) is 17.8. The Bertz CT molecular complexity index is 526. The summed E-state index contributed by atoms with van der Waals surface area (Å²) in [6.07, 6.45) is 0.0874. The number of rotatable bonds is 8. The number of carbonyl (C=O) groups is 2. The molecule has 0 radical (unpaired) electrons. The summed E-state index contributed by atoms with van der Waals surface area (Å²) in [5.74, 6) is -1.96. The summed E-state index contributed by atoms with van der Waals surface area (Å²) in [7, 11) is 2.82. The molecule has 116 valence electrons. The van der Waals surface area contributed by atoms with Crippen molar-refractivity contribution < 1.29 is 23.5 Å². The maximum Gasteiger partial charge on any atom is 0.304 e. The summed E-state index contributed by atoms with van der Waals surface area (Å²) in [5.41, 5.74) is 0.0255. The lowest BCUT2D eigenvalue weighted by Gasteiger charge is -2.07. The third-order valence-electron chi connectivity index (χ3n) is 2.45. The van der Waals surface area contributed by atoms with Gasteiger partial charge in [0.05, 0.1) is 12.0 Å². The number of carbonyl (C=O) groups excluding carboxylic acids is 1. The van der Waals surface area contributed by atoms with Crippen LogP contribution in [0, 0.1) is 18.6 Å². The van der Waals surface area contributed by atoms with Crippen molar-refractivity contribution in [3.63, 3.8) is 0 Å². The van der Waals surface area contributed by atoms with Crippen molar-refractivity contribution in [1.29, 1.82) is 0 Å². The molecule has 1 rings (SSSR count). The Hall–Kier alpha value is -1.28. The van der Waals surface area contributed by atoms with Gasteiger partial charge in [-0.2, -0.15) is 0 Å². The molecule has 2 N–H and O–H groups in total. The van der Waals surface area contributed by atoms with Crippen LogP contribution in [0.1, 0.15) is 22.3 Å². The van der Waals surface area contributed by atoms with Gasteiger partial charge in [0.15, 0.2) is 0 Å². The average molecular weight is 335 g/mol. The first-order valence-corrected chi connectivity index (χ1v) is 8.60. The van der Waals surface area contributed by atoms with E-state index in [0.717, 1.165) is 0 Å². The van der Waals surface area contributed by atoms with Gasteiger partial charge in [0, 0.05) is 24.1 Å². The third kappa shape index (κ3) is 6.34. The van der Waals surface area contributed by atoms with Crippen molar-refractivity contribution in [2.45, 2.75) is 13.3 Å². The third-order valence-corrected chi connectivity index (χ3v) is 4.85. The Labute approximate surface area is 129 Å². The number of amides is 1. The molecule has 0 atom stereocenters. The van der Waals surface area contributed by atoms with Crippen LogP contribution >= 0.6 is 21.6 Å². The monoisotopic (exact) mass is 335 g/mol. The van der Waals surface area contributed by atoms with Crippen molar-refractivity contribution in [2.24, 2.45) is 0 Å². The summed E-state index contributed by atoms with van der Waals surface area (Å²) < 4.78 is 26.6. The molecule has 0 bridgehead atoms. The maximum absolute atomic E-state index is 13.5. The average Bonchev–Trinajstić information content (AvgIpc) is 2.41. The zero-order chi connectivity index (χ0) is 15.8. The minimum Gasteiger partial charge on any atom is -0.481 e. The van der Waals surface area contributed by atoms with E-state index in [4.69, 9.17) is 5.11 Å². The van der Waals surface area contributed by atoms with E-state index in [1.807, 2.05) is 0 Å². The first-order valence-electron chi connectivity index (χ1n) is 6.12. The molecule has 0 unspecified atom stereocenters. The molecule has 0 fully saturated rings. The number of benzene rings is 1. The molecule has 0 aromatic heterocycles. The van der Waals surface area contributed by atoms with Crippen LogP contribution in [0.5, 0.6) is 0 Å². The minimum absolute atomic E-state index is 0.0874. The fourth-order valence-corrected chi connectivity index (χ4v) is 3.27. The van der Waals surface area contributed by atoms with Crippen LogP contribution in [0.3, 0.4) is 0 Å². The van der Waals surface area contributed by atoms with Gasteiger partial charge in [-0.15, -0.1) is 0 Å². The molecular weight excluding hydrogens is 320 g/mol. The number of nitrogens with one attached hydrogen (secondary N) is 1. The van der Waals surface area contributed by atoms with Crippen LogP contribution in [-0.2, 0) is 4.79 Å². The SMILES string of the molecule is Cc1cc(C(=O)NCCSSCCC(=O)O)c(F)cc1F. The molecule has 4 nitrogen and oxygen atoms in total. The highest BCUT2D eigenvalue weighted by molar-refractivity contribution is 8.76. The summed E-state index contributed by atoms with van der Waals surface area (Å²) in [6, 6.07) is 1.87. The Morgan fingerprint density at radius 3 is 2.52 bits per heavy atom. The molecule has 0 aliphatic rings. The Morgan fingerprint density at radius 1 is 1.19 bits per heavy atom. The molecule has 1 aromatic rings. The van der Waals surface area contributed by atoms with E-state index < -0.39 is 23.5 Å². The maximum atomic E-state index is 13.5. The van der Waals surface area contributed by atoms with Gasteiger partial charge in [-0.3, -0.25) is 9.59 Å². The van der Waals surface area contributed by atoms with Gasteiger partial charge in [0.1, 0.15) is 11.6 Å². The van der Waals surface area contributed by atoms with Gasteiger partial charge in [0.25, 0.3) is 5.91 Å². The number of carboxylic acids is 1. The molecule has 0 spiro atoms. The van der Waals surface area contributed by atoms with Crippen LogP contribution in [0.25, 0.3) is 0 Å². The summed E-state index contributed by atoms with van der Waals surface area (Å²) in [4.78, 5) is 22.0. The molecule has 0 aliphatic carbocycles. The normalized spacial score (nSPS) is 10.4. The number of aliphatic carboxylic acids is 1. The van der Waals surface area contributed by atoms with E-state index in [0.29, 0.717) is 24.1 Å². The van der Waals surface area contributed by atoms with Crippen LogP contribution in [-0.4, -0.2) is 35.0 Å². The van der Waals surface area contributed by atoms with Gasteiger partial charge in [-0.1, -0.05) is 21.6 Å². The van der Waals surface area contributed by atoms with E-state index in [-0.39, 0.29) is 17.5 Å². The number of hydrogen-bond acceptors (Lipinski definition) is 4. The Morgan fingerprint density at radius 2 is 1.86 bits per heavy atom. The molecular formula is C13H15F2NO3S2. The number of hydrogen-bond donors (Lipinski definition) is 2. The predicted octanol–water partition coefficient (Wildman–Crippen LogP) is 2.86. The van der Waals surface area contributed by atoms with Crippen LogP contribution in [0.2, 0.25) is 0 Å². The largest absolute Gasteiger partial charge is 0.481 e. The fourth-order valence-electron chi connectivity index (χ4n) is 1.38. The lowest BCUT2D eigenvalue weighted by molar-refractivity contribution is -0.136. The van der Waals surface area contributed by atoms with E-state index in [1.54, 1.807) is 0 Å². The zero-order valence-electron chi connectivity index (χ0n) is 11.3. The van der Waals surface area contributed by atoms with Gasteiger partial charge >= 0.3 is 5.97 Å². The second-order valence-corrected chi connectivity index (χ2v) is 6.83. The number of carboxylic acid groups (broad SMARTS) is 1.